The molecule has 0 fully saturated rings. The van der Waals surface area contributed by atoms with E-state index in [4.69, 9.17) is 0 Å². The summed E-state index contributed by atoms with van der Waals surface area (Å²) in [6, 6.07) is 17.8. The Hall–Kier alpha value is -2.62. The van der Waals surface area contributed by atoms with Crippen molar-refractivity contribution in [2.45, 2.75) is 19.9 Å². The maximum absolute atomic E-state index is 12.7. The first-order chi connectivity index (χ1) is 10.8. The van der Waals surface area contributed by atoms with Crippen molar-refractivity contribution >= 4 is 16.9 Å². The number of aromatic nitrogens is 2. The second-order valence-corrected chi connectivity index (χ2v) is 5.25. The van der Waals surface area contributed by atoms with Crippen LogP contribution in [0, 0.1) is 0 Å². The molecule has 0 aliphatic carbocycles. The van der Waals surface area contributed by atoms with Crippen LogP contribution in [0.3, 0.4) is 0 Å². The molecule has 0 aliphatic rings. The van der Waals surface area contributed by atoms with Crippen LogP contribution in [-0.2, 0) is 6.54 Å². The highest BCUT2D eigenvalue weighted by Gasteiger charge is 2.10. The van der Waals surface area contributed by atoms with E-state index in [-0.39, 0.29) is 5.56 Å². The topological polar surface area (TPSA) is 46.9 Å². The number of nitrogens with one attached hydrogen (secondary N) is 1. The van der Waals surface area contributed by atoms with Gasteiger partial charge < -0.3 is 5.32 Å². The van der Waals surface area contributed by atoms with Crippen LogP contribution in [0.4, 0.5) is 5.82 Å². The molecule has 0 saturated heterocycles. The Bertz CT molecular complexity index is 825. The summed E-state index contributed by atoms with van der Waals surface area (Å²) in [5, 5.41) is 3.14. The van der Waals surface area contributed by atoms with Gasteiger partial charge in [-0.05, 0) is 24.1 Å². The molecular formula is C18H19N3O. The van der Waals surface area contributed by atoms with Gasteiger partial charge in [0.05, 0.1) is 17.6 Å². The third-order valence-electron chi connectivity index (χ3n) is 3.58. The van der Waals surface area contributed by atoms with Crippen LogP contribution < -0.4 is 10.9 Å². The molecule has 0 aliphatic heterocycles. The highest BCUT2D eigenvalue weighted by Crippen LogP contribution is 2.13. The summed E-state index contributed by atoms with van der Waals surface area (Å²) in [6.07, 6.45) is 0.951. The van der Waals surface area contributed by atoms with Crippen molar-refractivity contribution in [1.82, 2.24) is 9.55 Å². The van der Waals surface area contributed by atoms with Crippen molar-refractivity contribution in [3.63, 3.8) is 0 Å². The lowest BCUT2D eigenvalue weighted by molar-refractivity contribution is 0.786. The zero-order valence-corrected chi connectivity index (χ0v) is 12.6. The lowest BCUT2D eigenvalue weighted by atomic mass is 10.2. The second-order valence-electron chi connectivity index (χ2n) is 5.25. The molecule has 4 heteroatoms. The summed E-state index contributed by atoms with van der Waals surface area (Å²) in [6.45, 7) is 3.35. The minimum Gasteiger partial charge on any atom is -0.365 e. The number of rotatable bonds is 5. The quantitative estimate of drug-likeness (QED) is 0.785. The van der Waals surface area contributed by atoms with E-state index in [9.17, 15) is 4.79 Å². The monoisotopic (exact) mass is 293 g/mol. The number of hydrogen-bond donors (Lipinski definition) is 1. The van der Waals surface area contributed by atoms with E-state index in [1.54, 1.807) is 4.57 Å². The Morgan fingerprint density at radius 2 is 1.77 bits per heavy atom. The van der Waals surface area contributed by atoms with Crippen molar-refractivity contribution in [3.8, 4) is 0 Å². The van der Waals surface area contributed by atoms with Crippen LogP contribution in [0.2, 0.25) is 0 Å². The van der Waals surface area contributed by atoms with Gasteiger partial charge >= 0.3 is 0 Å². The zero-order valence-electron chi connectivity index (χ0n) is 12.6. The van der Waals surface area contributed by atoms with E-state index in [0.717, 1.165) is 29.6 Å². The Morgan fingerprint density at radius 3 is 2.55 bits per heavy atom. The van der Waals surface area contributed by atoms with Crippen LogP contribution in [0.1, 0.15) is 18.9 Å². The summed E-state index contributed by atoms with van der Waals surface area (Å²) < 4.78 is 1.79. The first-order valence-corrected chi connectivity index (χ1v) is 7.57. The molecule has 3 rings (SSSR count). The molecule has 1 heterocycles. The standard InChI is InChI=1S/C18H19N3O/c1-2-12-19-17-18(22)21(13-14-8-4-3-5-9-14)16-11-7-6-10-15(16)20-17/h3-11H,2,12-13H2,1H3,(H,19,20). The number of anilines is 1. The van der Waals surface area contributed by atoms with Crippen LogP contribution in [-0.4, -0.2) is 16.1 Å². The van der Waals surface area contributed by atoms with Gasteiger partial charge in [0, 0.05) is 6.54 Å². The number of para-hydroxylation sites is 2. The van der Waals surface area contributed by atoms with Crippen LogP contribution in [0.5, 0.6) is 0 Å². The van der Waals surface area contributed by atoms with Crippen LogP contribution >= 0.6 is 0 Å². The normalized spacial score (nSPS) is 10.8. The Labute approximate surface area is 129 Å². The predicted octanol–water partition coefficient (Wildman–Crippen LogP) is 3.27. The van der Waals surface area contributed by atoms with E-state index >= 15 is 0 Å². The lowest BCUT2D eigenvalue weighted by Crippen LogP contribution is -2.26. The molecule has 4 nitrogen and oxygen atoms in total. The molecule has 22 heavy (non-hydrogen) atoms. The fraction of sp³-hybridized carbons (Fsp3) is 0.222. The molecule has 0 atom stereocenters. The van der Waals surface area contributed by atoms with E-state index in [1.807, 2.05) is 54.6 Å². The van der Waals surface area contributed by atoms with Crippen molar-refractivity contribution in [3.05, 3.63) is 70.5 Å². The molecule has 0 spiro atoms. The Kier molecular flexibility index (Phi) is 4.19. The molecule has 112 valence electrons. The molecule has 0 bridgehead atoms. The van der Waals surface area contributed by atoms with E-state index in [0.29, 0.717) is 12.4 Å². The summed E-state index contributed by atoms with van der Waals surface area (Å²) in [4.78, 5) is 17.2. The van der Waals surface area contributed by atoms with Crippen molar-refractivity contribution in [2.75, 3.05) is 11.9 Å². The molecule has 1 N–H and O–H groups in total. The van der Waals surface area contributed by atoms with Gasteiger partial charge in [-0.1, -0.05) is 49.4 Å². The summed E-state index contributed by atoms with van der Waals surface area (Å²) >= 11 is 0. The first-order valence-electron chi connectivity index (χ1n) is 7.57. The minimum absolute atomic E-state index is 0.0731. The van der Waals surface area contributed by atoms with E-state index < -0.39 is 0 Å². The molecule has 2 aromatic carbocycles. The number of hydrogen-bond acceptors (Lipinski definition) is 3. The average molecular weight is 293 g/mol. The van der Waals surface area contributed by atoms with Crippen LogP contribution in [0.25, 0.3) is 11.0 Å². The summed E-state index contributed by atoms with van der Waals surface area (Å²) in [7, 11) is 0. The molecule has 0 saturated carbocycles. The highest BCUT2D eigenvalue weighted by molar-refractivity contribution is 5.76. The second kappa shape index (κ2) is 6.43. The molecule has 0 radical (unpaired) electrons. The fourth-order valence-electron chi connectivity index (χ4n) is 2.47. The first kappa shape index (κ1) is 14.3. The summed E-state index contributed by atoms with van der Waals surface area (Å²) in [5.41, 5.74) is 2.72. The number of benzene rings is 2. The SMILES string of the molecule is CCCNc1nc2ccccc2n(Cc2ccccc2)c1=O. The van der Waals surface area contributed by atoms with Crippen molar-refractivity contribution in [1.29, 1.82) is 0 Å². The van der Waals surface area contributed by atoms with Gasteiger partial charge in [0.25, 0.3) is 5.56 Å². The molecule has 0 amide bonds. The predicted molar refractivity (Wildman–Crippen MR) is 90.3 cm³/mol. The van der Waals surface area contributed by atoms with E-state index in [1.165, 1.54) is 0 Å². The van der Waals surface area contributed by atoms with Gasteiger partial charge in [-0.2, -0.15) is 0 Å². The fourth-order valence-corrected chi connectivity index (χ4v) is 2.47. The molecule has 1 aromatic heterocycles. The van der Waals surface area contributed by atoms with Gasteiger partial charge in [-0.25, -0.2) is 4.98 Å². The smallest absolute Gasteiger partial charge is 0.294 e. The van der Waals surface area contributed by atoms with Gasteiger partial charge in [-0.3, -0.25) is 9.36 Å². The maximum atomic E-state index is 12.7. The largest absolute Gasteiger partial charge is 0.365 e. The highest BCUT2D eigenvalue weighted by atomic mass is 16.1. The Balaban J connectivity index is 2.13. The molecule has 3 aromatic rings. The van der Waals surface area contributed by atoms with E-state index in [2.05, 4.69) is 17.2 Å². The number of fused-ring (bicyclic) bond motifs is 1. The lowest BCUT2D eigenvalue weighted by Gasteiger charge is -2.13. The minimum atomic E-state index is -0.0731. The van der Waals surface area contributed by atoms with Crippen molar-refractivity contribution < 1.29 is 0 Å². The third-order valence-corrected chi connectivity index (χ3v) is 3.58. The molecule has 0 unspecified atom stereocenters. The van der Waals surface area contributed by atoms with Gasteiger partial charge in [0.1, 0.15) is 0 Å². The van der Waals surface area contributed by atoms with Crippen molar-refractivity contribution in [2.24, 2.45) is 0 Å². The summed E-state index contributed by atoms with van der Waals surface area (Å²) in [5.74, 6) is 0.427. The maximum Gasteiger partial charge on any atom is 0.294 e. The van der Waals surface area contributed by atoms with Crippen LogP contribution in [0.15, 0.2) is 59.4 Å². The zero-order chi connectivity index (χ0) is 15.4. The number of nitrogens with zero attached hydrogens (tertiary/aromatic N) is 2. The Morgan fingerprint density at radius 1 is 1.05 bits per heavy atom. The van der Waals surface area contributed by atoms with Gasteiger partial charge in [-0.15, -0.1) is 0 Å². The molecular weight excluding hydrogens is 274 g/mol. The average Bonchev–Trinajstić information content (AvgIpc) is 2.57. The van der Waals surface area contributed by atoms with Gasteiger partial charge in [0.15, 0.2) is 5.82 Å². The van der Waals surface area contributed by atoms with Gasteiger partial charge in [0.2, 0.25) is 0 Å². The third kappa shape index (κ3) is 2.86.